The molecule has 6 rings (SSSR count). The van der Waals surface area contributed by atoms with Crippen LogP contribution in [0.2, 0.25) is 10.0 Å². The molecule has 0 atom stereocenters. The summed E-state index contributed by atoms with van der Waals surface area (Å²) < 4.78 is 12.8. The van der Waals surface area contributed by atoms with Gasteiger partial charge in [0.1, 0.15) is 22.1 Å². The number of carboxylic acid groups (broad SMARTS) is 1. The standard InChI is InChI=1S/C26H23Cl2N3O5S/c27-17-10-29-11-18(28)21(17)22-16(23(36-31-22)13-1-2-13)12-35-15-5-7-26(34,8-6-15)25-30-19-4-3-14(24(32)33)9-20(19)37-25/h3-4,9-11,13,15,34H,1-2,5-8,12H2,(H,32,33)/t15-,26+. The summed E-state index contributed by atoms with van der Waals surface area (Å²) in [5.74, 6) is 0.167. The van der Waals surface area contributed by atoms with Crippen LogP contribution in [0, 0.1) is 0 Å². The number of hydrogen-bond donors (Lipinski definition) is 2. The van der Waals surface area contributed by atoms with E-state index in [0.29, 0.717) is 70.0 Å². The topological polar surface area (TPSA) is 119 Å². The van der Waals surface area contributed by atoms with Crippen LogP contribution in [0.4, 0.5) is 0 Å². The van der Waals surface area contributed by atoms with Crippen LogP contribution in [0.25, 0.3) is 21.5 Å². The van der Waals surface area contributed by atoms with E-state index in [0.717, 1.165) is 28.9 Å². The maximum absolute atomic E-state index is 11.4. The van der Waals surface area contributed by atoms with Crippen molar-refractivity contribution in [3.05, 3.63) is 62.5 Å². The third kappa shape index (κ3) is 4.75. The van der Waals surface area contributed by atoms with E-state index in [4.69, 9.17) is 32.5 Å². The molecule has 0 saturated heterocycles. The lowest BCUT2D eigenvalue weighted by Gasteiger charge is -2.34. The van der Waals surface area contributed by atoms with Gasteiger partial charge in [0.15, 0.2) is 0 Å². The van der Waals surface area contributed by atoms with Gasteiger partial charge in [-0.25, -0.2) is 9.78 Å². The van der Waals surface area contributed by atoms with Crippen molar-refractivity contribution in [3.63, 3.8) is 0 Å². The molecule has 11 heteroatoms. The van der Waals surface area contributed by atoms with Gasteiger partial charge in [-0.15, -0.1) is 11.3 Å². The Morgan fingerprint density at radius 3 is 2.57 bits per heavy atom. The fraction of sp³-hybridized carbons (Fsp3) is 0.385. The molecule has 2 saturated carbocycles. The molecule has 2 aliphatic carbocycles. The molecule has 8 nitrogen and oxygen atoms in total. The Bertz CT molecular complexity index is 1470. The Kier molecular flexibility index (Phi) is 6.45. The van der Waals surface area contributed by atoms with Gasteiger partial charge in [0, 0.05) is 29.4 Å². The minimum atomic E-state index is -1.06. The normalized spacial score (nSPS) is 22.0. The summed E-state index contributed by atoms with van der Waals surface area (Å²) in [4.78, 5) is 19.9. The smallest absolute Gasteiger partial charge is 0.335 e. The number of pyridine rings is 1. The third-order valence-electron chi connectivity index (χ3n) is 7.11. The highest BCUT2D eigenvalue weighted by atomic mass is 35.5. The first kappa shape index (κ1) is 24.8. The Balaban J connectivity index is 1.17. The first-order valence-electron chi connectivity index (χ1n) is 12.1. The zero-order chi connectivity index (χ0) is 25.7. The van der Waals surface area contributed by atoms with E-state index in [2.05, 4.69) is 15.1 Å². The Hall–Kier alpha value is -2.56. The molecule has 0 bridgehead atoms. The first-order chi connectivity index (χ1) is 17.8. The summed E-state index contributed by atoms with van der Waals surface area (Å²) in [5.41, 5.74) is 1.87. The van der Waals surface area contributed by atoms with Gasteiger partial charge in [-0.2, -0.15) is 0 Å². The second-order valence-electron chi connectivity index (χ2n) is 9.68. The Labute approximate surface area is 226 Å². The van der Waals surface area contributed by atoms with E-state index < -0.39 is 11.6 Å². The Morgan fingerprint density at radius 1 is 1.16 bits per heavy atom. The summed E-state index contributed by atoms with van der Waals surface area (Å²) in [6.07, 6.45) is 7.42. The lowest BCUT2D eigenvalue weighted by atomic mass is 9.83. The Morgan fingerprint density at radius 2 is 1.89 bits per heavy atom. The van der Waals surface area contributed by atoms with Crippen LogP contribution >= 0.6 is 34.5 Å². The van der Waals surface area contributed by atoms with Crippen LogP contribution in [0.3, 0.4) is 0 Å². The van der Waals surface area contributed by atoms with Crippen LogP contribution in [0.15, 0.2) is 35.1 Å². The number of carboxylic acids is 1. The van der Waals surface area contributed by atoms with Gasteiger partial charge >= 0.3 is 5.97 Å². The number of aromatic nitrogens is 3. The van der Waals surface area contributed by atoms with Crippen LogP contribution < -0.4 is 0 Å². The molecule has 2 N–H and O–H groups in total. The highest BCUT2D eigenvalue weighted by Crippen LogP contribution is 2.47. The van der Waals surface area contributed by atoms with E-state index >= 15 is 0 Å². The number of hydrogen-bond acceptors (Lipinski definition) is 8. The monoisotopic (exact) mass is 559 g/mol. The molecule has 0 spiro atoms. The average molecular weight is 560 g/mol. The zero-order valence-corrected chi connectivity index (χ0v) is 21.9. The molecule has 0 radical (unpaired) electrons. The van der Waals surface area contributed by atoms with Gasteiger partial charge < -0.3 is 19.5 Å². The molecule has 192 valence electrons. The number of thiazole rings is 1. The lowest BCUT2D eigenvalue weighted by Crippen LogP contribution is -2.34. The molecule has 37 heavy (non-hydrogen) atoms. The first-order valence-corrected chi connectivity index (χ1v) is 13.7. The van der Waals surface area contributed by atoms with E-state index in [-0.39, 0.29) is 11.7 Å². The van der Waals surface area contributed by atoms with Crippen LogP contribution in [-0.2, 0) is 16.9 Å². The number of nitrogens with zero attached hydrogens (tertiary/aromatic N) is 3. The molecule has 1 aromatic carbocycles. The second kappa shape index (κ2) is 9.63. The molecular formula is C26H23Cl2N3O5S. The fourth-order valence-corrected chi connectivity index (χ4v) is 6.56. The van der Waals surface area contributed by atoms with Gasteiger partial charge in [-0.05, 0) is 56.7 Å². The predicted octanol–water partition coefficient (Wildman–Crippen LogP) is 6.58. The molecule has 2 fully saturated rings. The van der Waals surface area contributed by atoms with Crippen LogP contribution in [-0.4, -0.2) is 37.4 Å². The molecule has 0 amide bonds. The van der Waals surface area contributed by atoms with Crippen molar-refractivity contribution in [2.45, 2.75) is 62.8 Å². The molecule has 3 aromatic heterocycles. The summed E-state index contributed by atoms with van der Waals surface area (Å²) >= 11 is 14.1. The number of fused-ring (bicyclic) bond motifs is 1. The minimum Gasteiger partial charge on any atom is -0.478 e. The quantitative estimate of drug-likeness (QED) is 0.260. The lowest BCUT2D eigenvalue weighted by molar-refractivity contribution is -0.0640. The molecule has 0 aliphatic heterocycles. The minimum absolute atomic E-state index is 0.0496. The largest absolute Gasteiger partial charge is 0.478 e. The number of aliphatic hydroxyl groups is 1. The van der Waals surface area contributed by atoms with Crippen molar-refractivity contribution in [1.29, 1.82) is 0 Å². The van der Waals surface area contributed by atoms with Crippen molar-refractivity contribution < 1.29 is 24.3 Å². The van der Waals surface area contributed by atoms with E-state index in [1.165, 1.54) is 29.8 Å². The maximum atomic E-state index is 11.4. The van der Waals surface area contributed by atoms with Crippen LogP contribution in [0.5, 0.6) is 0 Å². The SMILES string of the molecule is O=C(O)c1ccc2nc([C@]3(O)CC[C@@H](OCc4c(-c5c(Cl)cncc5Cl)noc4C4CC4)CC3)sc2c1. The molecule has 4 aromatic rings. The molecule has 3 heterocycles. The average Bonchev–Trinajstić information content (AvgIpc) is 3.49. The van der Waals surface area contributed by atoms with Crippen molar-refractivity contribution in [2.75, 3.05) is 0 Å². The number of carbonyl (C=O) groups is 1. The number of rotatable bonds is 7. The second-order valence-corrected chi connectivity index (χ2v) is 11.5. The summed E-state index contributed by atoms with van der Waals surface area (Å²) in [6.45, 7) is 0.307. The summed E-state index contributed by atoms with van der Waals surface area (Å²) in [5, 5.41) is 26.4. The van der Waals surface area contributed by atoms with Crippen molar-refractivity contribution in [3.8, 4) is 11.3 Å². The third-order valence-corrected chi connectivity index (χ3v) is 8.90. The van der Waals surface area contributed by atoms with Crippen molar-refractivity contribution in [2.24, 2.45) is 0 Å². The number of halogens is 2. The van der Waals surface area contributed by atoms with Gasteiger partial charge in [0.2, 0.25) is 0 Å². The van der Waals surface area contributed by atoms with Crippen molar-refractivity contribution in [1.82, 2.24) is 15.1 Å². The van der Waals surface area contributed by atoms with E-state index in [1.807, 2.05) is 0 Å². The predicted molar refractivity (Wildman–Crippen MR) is 139 cm³/mol. The summed E-state index contributed by atoms with van der Waals surface area (Å²) in [7, 11) is 0. The van der Waals surface area contributed by atoms with Gasteiger partial charge in [-0.1, -0.05) is 28.4 Å². The highest BCUT2D eigenvalue weighted by Gasteiger charge is 2.39. The van der Waals surface area contributed by atoms with Gasteiger partial charge in [-0.3, -0.25) is 4.98 Å². The summed E-state index contributed by atoms with van der Waals surface area (Å²) in [6, 6.07) is 4.82. The number of aromatic carboxylic acids is 1. The van der Waals surface area contributed by atoms with Crippen LogP contribution in [0.1, 0.15) is 71.1 Å². The van der Waals surface area contributed by atoms with E-state index in [9.17, 15) is 15.0 Å². The molecular weight excluding hydrogens is 537 g/mol. The molecule has 0 unspecified atom stereocenters. The molecule has 2 aliphatic rings. The fourth-order valence-electron chi connectivity index (χ4n) is 4.87. The van der Waals surface area contributed by atoms with Gasteiger partial charge in [0.05, 0.1) is 38.5 Å². The number of ether oxygens (including phenoxy) is 1. The number of benzene rings is 1. The zero-order valence-electron chi connectivity index (χ0n) is 19.6. The highest BCUT2D eigenvalue weighted by molar-refractivity contribution is 7.18. The van der Waals surface area contributed by atoms with Crippen molar-refractivity contribution >= 4 is 50.7 Å². The van der Waals surface area contributed by atoms with E-state index in [1.54, 1.807) is 12.1 Å². The van der Waals surface area contributed by atoms with Gasteiger partial charge in [0.25, 0.3) is 0 Å². The maximum Gasteiger partial charge on any atom is 0.335 e.